The average Bonchev–Trinajstić information content (AvgIpc) is 3.22. The second-order valence-electron chi connectivity index (χ2n) is 13.0. The maximum atomic E-state index is 13.9. The van der Waals surface area contributed by atoms with Crippen LogP contribution in [-0.2, 0) is 26.3 Å². The van der Waals surface area contributed by atoms with Gasteiger partial charge in [-0.1, -0.05) is 83.1 Å². The second kappa shape index (κ2) is 10.7. The number of carbonyl (C=O) groups is 2. The van der Waals surface area contributed by atoms with Crippen LogP contribution < -0.4 is 5.32 Å². The molecule has 3 atom stereocenters. The molecule has 38 heavy (non-hydrogen) atoms. The lowest BCUT2D eigenvalue weighted by Crippen LogP contribution is -2.56. The molecular weight excluding hydrogens is 476 g/mol. The van der Waals surface area contributed by atoms with E-state index in [-0.39, 0.29) is 17.4 Å². The number of carbonyl (C=O) groups excluding carboxylic acids is 2. The molecule has 4 bridgehead atoms. The van der Waals surface area contributed by atoms with Crippen molar-refractivity contribution in [1.82, 2.24) is 10.2 Å². The smallest absolute Gasteiger partial charge is 0.407 e. The van der Waals surface area contributed by atoms with Crippen LogP contribution in [-0.4, -0.2) is 49.2 Å². The first kappa shape index (κ1) is 28.2. The van der Waals surface area contributed by atoms with E-state index in [1.165, 1.54) is 16.7 Å². The Kier molecular flexibility index (Phi) is 7.94. The number of nitrogens with zero attached hydrogens (tertiary/aromatic N) is 1. The Morgan fingerprint density at radius 1 is 1.05 bits per heavy atom. The number of fused-ring (bicyclic) bond motifs is 11. The summed E-state index contributed by atoms with van der Waals surface area (Å²) >= 11 is 0. The molecule has 0 radical (unpaired) electrons. The first-order valence-electron chi connectivity index (χ1n) is 13.8. The largest absolute Gasteiger partial charge is 0.449 e. The number of aryl methyl sites for hydroxylation is 1. The topological polar surface area (TPSA) is 67.9 Å². The van der Waals surface area contributed by atoms with Gasteiger partial charge >= 0.3 is 6.09 Å². The van der Waals surface area contributed by atoms with Gasteiger partial charge in [-0.25, -0.2) is 4.79 Å². The zero-order valence-corrected chi connectivity index (χ0v) is 24.1. The number of nitrogens with one attached hydrogen (secondary N) is 1. The lowest BCUT2D eigenvalue weighted by Gasteiger charge is -2.35. The highest BCUT2D eigenvalue weighted by Gasteiger charge is 2.48. The molecule has 206 valence electrons. The van der Waals surface area contributed by atoms with Crippen molar-refractivity contribution < 1.29 is 19.1 Å². The fourth-order valence-electron chi connectivity index (χ4n) is 5.89. The van der Waals surface area contributed by atoms with Crippen molar-refractivity contribution in [3.05, 3.63) is 59.7 Å². The summed E-state index contributed by atoms with van der Waals surface area (Å²) in [7, 11) is 1.72. The Bertz CT molecular complexity index is 1150. The quantitative estimate of drug-likeness (QED) is 0.478. The van der Waals surface area contributed by atoms with Crippen LogP contribution in [0.5, 0.6) is 0 Å². The van der Waals surface area contributed by atoms with Gasteiger partial charge < -0.3 is 19.7 Å². The number of benzene rings is 2. The van der Waals surface area contributed by atoms with Gasteiger partial charge in [0.25, 0.3) is 0 Å². The van der Waals surface area contributed by atoms with Gasteiger partial charge in [0.15, 0.2) is 0 Å². The van der Waals surface area contributed by atoms with Crippen LogP contribution in [0.4, 0.5) is 4.79 Å². The lowest BCUT2D eigenvalue weighted by molar-refractivity contribution is -0.137. The van der Waals surface area contributed by atoms with E-state index in [0.29, 0.717) is 19.6 Å². The summed E-state index contributed by atoms with van der Waals surface area (Å²) in [6, 6.07) is 16.4. The van der Waals surface area contributed by atoms with Crippen molar-refractivity contribution in [2.24, 2.45) is 10.8 Å². The Balaban J connectivity index is 1.74. The van der Waals surface area contributed by atoms with Gasteiger partial charge in [0.05, 0.1) is 13.2 Å². The Morgan fingerprint density at radius 2 is 1.74 bits per heavy atom. The van der Waals surface area contributed by atoms with Crippen LogP contribution in [0.15, 0.2) is 48.5 Å². The van der Waals surface area contributed by atoms with Crippen molar-refractivity contribution in [3.63, 3.8) is 0 Å². The van der Waals surface area contributed by atoms with Gasteiger partial charge in [-0.05, 0) is 59.3 Å². The molecule has 0 saturated carbocycles. The van der Waals surface area contributed by atoms with E-state index < -0.39 is 23.2 Å². The van der Waals surface area contributed by atoms with Crippen LogP contribution in [0, 0.1) is 10.8 Å². The third kappa shape index (κ3) is 5.90. The number of ether oxygens (including phenoxy) is 2. The monoisotopic (exact) mass is 520 g/mol. The molecule has 2 amide bonds. The van der Waals surface area contributed by atoms with Gasteiger partial charge in [-0.3, -0.25) is 4.79 Å². The summed E-state index contributed by atoms with van der Waals surface area (Å²) < 4.78 is 11.8. The van der Waals surface area contributed by atoms with Crippen LogP contribution >= 0.6 is 0 Å². The van der Waals surface area contributed by atoms with Crippen molar-refractivity contribution in [2.45, 2.75) is 84.9 Å². The standard InChI is InChI=1S/C32H44N2O4/c1-22-19-32(37-7)20-34(22)28(35)27(30(2,3)4)33-29(36)38-21-31(5,6)18-10-12-23-11-8-9-13-26(23)24-14-16-25(32)17-15-24/h8-9,11,13-17,22,27H,10,12,18-21H2,1-7H3,(H,33,36)/t22-,27-,32+/m1/s1. The summed E-state index contributed by atoms with van der Waals surface area (Å²) in [5.41, 5.74) is 3.51. The third-order valence-corrected chi connectivity index (χ3v) is 8.26. The molecule has 1 fully saturated rings. The SMILES string of the molecule is CO[C@@]12C[C@@H](C)N(C1)C(=O)[C@H](C(C)(C)C)NC(=O)OCC(C)(C)CCCc1ccccc1-c1ccc2cc1. The molecule has 0 aromatic heterocycles. The molecule has 1 saturated heterocycles. The van der Waals surface area contributed by atoms with Crippen molar-refractivity contribution >= 4 is 12.0 Å². The minimum atomic E-state index is -0.716. The fraction of sp³-hybridized carbons (Fsp3) is 0.562. The highest BCUT2D eigenvalue weighted by molar-refractivity contribution is 5.87. The van der Waals surface area contributed by atoms with Gasteiger partial charge in [-0.2, -0.15) is 0 Å². The molecule has 0 spiro atoms. The number of rotatable bonds is 1. The van der Waals surface area contributed by atoms with E-state index in [1.54, 1.807) is 7.11 Å². The zero-order chi connectivity index (χ0) is 27.7. The van der Waals surface area contributed by atoms with Crippen molar-refractivity contribution in [1.29, 1.82) is 0 Å². The van der Waals surface area contributed by atoms with E-state index >= 15 is 0 Å². The van der Waals surface area contributed by atoms with Crippen LogP contribution in [0.2, 0.25) is 0 Å². The molecular formula is C32H44N2O4. The molecule has 2 aromatic rings. The molecule has 1 N–H and O–H groups in total. The van der Waals surface area contributed by atoms with E-state index in [1.807, 2.05) is 25.7 Å². The number of alkyl carbamates (subject to hydrolysis) is 1. The van der Waals surface area contributed by atoms with E-state index in [0.717, 1.165) is 24.8 Å². The van der Waals surface area contributed by atoms with Crippen molar-refractivity contribution in [2.75, 3.05) is 20.3 Å². The van der Waals surface area contributed by atoms with Gasteiger partial charge in [0.2, 0.25) is 5.91 Å². The second-order valence-corrected chi connectivity index (χ2v) is 13.0. The molecule has 2 aromatic carbocycles. The average molecular weight is 521 g/mol. The summed E-state index contributed by atoms with van der Waals surface area (Å²) in [6.07, 6.45) is 2.98. The first-order valence-corrected chi connectivity index (χ1v) is 13.8. The Labute approximate surface area is 228 Å². The van der Waals surface area contributed by atoms with Gasteiger partial charge in [0.1, 0.15) is 11.6 Å². The maximum Gasteiger partial charge on any atom is 0.407 e. The molecule has 6 nitrogen and oxygen atoms in total. The minimum absolute atomic E-state index is 0.0462. The number of amides is 2. The lowest BCUT2D eigenvalue weighted by atomic mass is 9.85. The van der Waals surface area contributed by atoms with E-state index in [4.69, 9.17) is 9.47 Å². The van der Waals surface area contributed by atoms with Crippen LogP contribution in [0.3, 0.4) is 0 Å². The van der Waals surface area contributed by atoms with E-state index in [2.05, 4.69) is 74.6 Å². The summed E-state index contributed by atoms with van der Waals surface area (Å²) in [6.45, 7) is 12.9. The molecule has 0 aliphatic carbocycles. The number of methoxy groups -OCH3 is 1. The molecule has 0 unspecified atom stereocenters. The van der Waals surface area contributed by atoms with Crippen LogP contribution in [0.1, 0.15) is 71.9 Å². The predicted molar refractivity (Wildman–Crippen MR) is 151 cm³/mol. The highest BCUT2D eigenvalue weighted by Crippen LogP contribution is 2.41. The molecule has 6 heteroatoms. The maximum absolute atomic E-state index is 13.9. The van der Waals surface area contributed by atoms with Gasteiger partial charge in [-0.15, -0.1) is 0 Å². The first-order chi connectivity index (χ1) is 17.8. The van der Waals surface area contributed by atoms with E-state index in [9.17, 15) is 9.59 Å². The zero-order valence-electron chi connectivity index (χ0n) is 24.1. The summed E-state index contributed by atoms with van der Waals surface area (Å²) in [4.78, 5) is 28.7. The molecule has 3 heterocycles. The Morgan fingerprint density at radius 3 is 2.39 bits per heavy atom. The Hall–Kier alpha value is -2.86. The van der Waals surface area contributed by atoms with Crippen molar-refractivity contribution in [3.8, 4) is 11.1 Å². The molecule has 3 aliphatic rings. The summed E-state index contributed by atoms with van der Waals surface area (Å²) in [5.74, 6) is -0.108. The normalized spacial score (nSPS) is 26.6. The minimum Gasteiger partial charge on any atom is -0.449 e. The molecule has 5 rings (SSSR count). The van der Waals surface area contributed by atoms with Crippen LogP contribution in [0.25, 0.3) is 11.1 Å². The molecule has 3 aliphatic heterocycles. The number of hydrogen-bond acceptors (Lipinski definition) is 4. The van der Waals surface area contributed by atoms with Gasteiger partial charge in [0, 0.05) is 19.6 Å². The fourth-order valence-corrected chi connectivity index (χ4v) is 5.89. The predicted octanol–water partition coefficient (Wildman–Crippen LogP) is 6.32. The highest BCUT2D eigenvalue weighted by atomic mass is 16.5. The summed E-state index contributed by atoms with van der Waals surface area (Å²) in [5, 5.41) is 2.91. The third-order valence-electron chi connectivity index (χ3n) is 8.26. The number of hydrogen-bond donors (Lipinski definition) is 1.